The summed E-state index contributed by atoms with van der Waals surface area (Å²) in [6.07, 6.45) is -2.03. The molecule has 2 aromatic rings. The van der Waals surface area contributed by atoms with E-state index in [1.54, 1.807) is 6.20 Å². The van der Waals surface area contributed by atoms with Gasteiger partial charge in [-0.2, -0.15) is 13.2 Å². The fourth-order valence-corrected chi connectivity index (χ4v) is 3.03. The summed E-state index contributed by atoms with van der Waals surface area (Å²) >= 11 is 1.35. The highest BCUT2D eigenvalue weighted by Crippen LogP contribution is 2.33. The van der Waals surface area contributed by atoms with Crippen LogP contribution >= 0.6 is 11.3 Å². The maximum absolute atomic E-state index is 12.6. The number of thiazole rings is 1. The summed E-state index contributed by atoms with van der Waals surface area (Å²) in [4.78, 5) is 15.4. The van der Waals surface area contributed by atoms with E-state index in [-0.39, 0.29) is 5.82 Å². The third-order valence-corrected chi connectivity index (χ3v) is 4.45. The number of piperazine rings is 1. The lowest BCUT2D eigenvalue weighted by Gasteiger charge is -2.32. The molecule has 3 rings (SSSR count). The van der Waals surface area contributed by atoms with Crippen molar-refractivity contribution in [3.05, 3.63) is 18.1 Å². The molecule has 3 heterocycles. The van der Waals surface area contributed by atoms with Crippen molar-refractivity contribution in [2.24, 2.45) is 0 Å². The molecule has 0 radical (unpaired) electrons. The van der Waals surface area contributed by atoms with Gasteiger partial charge in [-0.15, -0.1) is 0 Å². The van der Waals surface area contributed by atoms with Crippen molar-refractivity contribution in [3.8, 4) is 10.7 Å². The Hall–Kier alpha value is -1.61. The molecule has 0 unspecified atom stereocenters. The van der Waals surface area contributed by atoms with Gasteiger partial charge in [0.2, 0.25) is 0 Å². The van der Waals surface area contributed by atoms with Gasteiger partial charge in [-0.25, -0.2) is 9.97 Å². The molecule has 0 atom stereocenters. The molecule has 5 nitrogen and oxygen atoms in total. The number of imidazole rings is 1. The zero-order chi connectivity index (χ0) is 15.0. The normalized spacial score (nSPS) is 17.4. The second kappa shape index (κ2) is 5.30. The number of nitrogens with zero attached hydrogens (tertiary/aromatic N) is 4. The number of H-pyrrole nitrogens is 1. The van der Waals surface area contributed by atoms with Gasteiger partial charge in [0.15, 0.2) is 5.13 Å². The highest BCUT2D eigenvalue weighted by atomic mass is 32.1. The third-order valence-electron chi connectivity index (χ3n) is 3.38. The van der Waals surface area contributed by atoms with Crippen molar-refractivity contribution < 1.29 is 13.2 Å². The number of rotatable bonds is 2. The fourth-order valence-electron chi connectivity index (χ4n) is 2.11. The van der Waals surface area contributed by atoms with Gasteiger partial charge in [0, 0.05) is 26.2 Å². The molecule has 1 aliphatic rings. The van der Waals surface area contributed by atoms with Crippen LogP contribution in [0, 0.1) is 0 Å². The molecule has 0 aliphatic carbocycles. The minimum Gasteiger partial charge on any atom is -0.346 e. The smallest absolute Gasteiger partial charge is 0.346 e. The lowest BCUT2D eigenvalue weighted by atomic mass is 10.3. The van der Waals surface area contributed by atoms with E-state index in [9.17, 15) is 13.2 Å². The molecule has 0 spiro atoms. The second-order valence-corrected chi connectivity index (χ2v) is 5.95. The summed E-state index contributed by atoms with van der Waals surface area (Å²) in [5.74, 6) is 0.209. The average Bonchev–Trinajstić information content (AvgIpc) is 3.07. The number of alkyl halides is 3. The van der Waals surface area contributed by atoms with Gasteiger partial charge in [0.25, 0.3) is 0 Å². The fraction of sp³-hybridized carbons (Fsp3) is 0.500. The van der Waals surface area contributed by atoms with Gasteiger partial charge in [-0.05, 0) is 7.05 Å². The van der Waals surface area contributed by atoms with E-state index in [1.165, 1.54) is 11.3 Å². The third kappa shape index (κ3) is 3.03. The molecular weight excluding hydrogens is 303 g/mol. The molecule has 1 aliphatic heterocycles. The van der Waals surface area contributed by atoms with Crippen LogP contribution in [-0.2, 0) is 6.18 Å². The lowest BCUT2D eigenvalue weighted by Crippen LogP contribution is -2.44. The Kier molecular flexibility index (Phi) is 3.62. The SMILES string of the molecule is CN1CCN(c2ncc(-c3ncc(C(F)(F)F)[nH]3)s2)CC1. The van der Waals surface area contributed by atoms with Crippen molar-refractivity contribution in [1.82, 2.24) is 19.9 Å². The maximum Gasteiger partial charge on any atom is 0.432 e. The summed E-state index contributed by atoms with van der Waals surface area (Å²) in [5.41, 5.74) is -0.841. The largest absolute Gasteiger partial charge is 0.432 e. The molecule has 1 saturated heterocycles. The van der Waals surface area contributed by atoms with E-state index in [1.807, 2.05) is 0 Å². The summed E-state index contributed by atoms with van der Waals surface area (Å²) in [6, 6.07) is 0. The summed E-state index contributed by atoms with van der Waals surface area (Å²) in [5, 5.41) is 0.822. The number of hydrogen-bond acceptors (Lipinski definition) is 5. The topological polar surface area (TPSA) is 48.1 Å². The predicted molar refractivity (Wildman–Crippen MR) is 74.4 cm³/mol. The van der Waals surface area contributed by atoms with Crippen LogP contribution in [-0.4, -0.2) is 53.1 Å². The van der Waals surface area contributed by atoms with Crippen molar-refractivity contribution in [2.75, 3.05) is 38.1 Å². The first kappa shape index (κ1) is 14.3. The van der Waals surface area contributed by atoms with Crippen LogP contribution in [0.5, 0.6) is 0 Å². The average molecular weight is 317 g/mol. The lowest BCUT2D eigenvalue weighted by molar-refractivity contribution is -0.140. The molecule has 21 heavy (non-hydrogen) atoms. The van der Waals surface area contributed by atoms with Crippen LogP contribution in [0.1, 0.15) is 5.69 Å². The number of likely N-dealkylation sites (N-methyl/N-ethyl adjacent to an activating group) is 1. The summed E-state index contributed by atoms with van der Waals surface area (Å²) in [7, 11) is 2.06. The van der Waals surface area contributed by atoms with Crippen LogP contribution in [0.4, 0.5) is 18.3 Å². The number of halogens is 3. The molecule has 114 valence electrons. The Labute approximate surface area is 123 Å². The Morgan fingerprint density at radius 2 is 1.86 bits per heavy atom. The van der Waals surface area contributed by atoms with Gasteiger partial charge in [-0.3, -0.25) is 0 Å². The molecule has 0 saturated carbocycles. The quantitative estimate of drug-likeness (QED) is 0.923. The maximum atomic E-state index is 12.6. The Morgan fingerprint density at radius 1 is 1.14 bits per heavy atom. The van der Waals surface area contributed by atoms with Crippen LogP contribution in [0.15, 0.2) is 12.4 Å². The molecular formula is C12H14F3N5S. The van der Waals surface area contributed by atoms with Crippen LogP contribution in [0.25, 0.3) is 10.7 Å². The van der Waals surface area contributed by atoms with Gasteiger partial charge in [0.1, 0.15) is 11.5 Å². The summed E-state index contributed by atoms with van der Waals surface area (Å²) < 4.78 is 37.7. The van der Waals surface area contributed by atoms with Crippen LogP contribution in [0.2, 0.25) is 0 Å². The number of anilines is 1. The first-order chi connectivity index (χ1) is 9.93. The van der Waals surface area contributed by atoms with Gasteiger partial charge in [-0.1, -0.05) is 11.3 Å². The molecule has 0 amide bonds. The van der Waals surface area contributed by atoms with E-state index in [0.717, 1.165) is 37.5 Å². The molecule has 2 aromatic heterocycles. The van der Waals surface area contributed by atoms with E-state index < -0.39 is 11.9 Å². The molecule has 0 aromatic carbocycles. The van der Waals surface area contributed by atoms with E-state index in [2.05, 4.69) is 31.8 Å². The van der Waals surface area contributed by atoms with Crippen molar-refractivity contribution >= 4 is 16.5 Å². The van der Waals surface area contributed by atoms with Crippen molar-refractivity contribution in [2.45, 2.75) is 6.18 Å². The van der Waals surface area contributed by atoms with Gasteiger partial charge >= 0.3 is 6.18 Å². The zero-order valence-electron chi connectivity index (χ0n) is 11.3. The van der Waals surface area contributed by atoms with Gasteiger partial charge in [0.05, 0.1) is 17.3 Å². The van der Waals surface area contributed by atoms with E-state index in [4.69, 9.17) is 0 Å². The Bertz CT molecular complexity index is 612. The summed E-state index contributed by atoms with van der Waals surface area (Å²) in [6.45, 7) is 3.65. The first-order valence-corrected chi connectivity index (χ1v) is 7.27. The van der Waals surface area contributed by atoms with E-state index >= 15 is 0 Å². The first-order valence-electron chi connectivity index (χ1n) is 6.45. The monoisotopic (exact) mass is 317 g/mol. The predicted octanol–water partition coefficient (Wildman–Crippen LogP) is 2.30. The highest BCUT2D eigenvalue weighted by molar-refractivity contribution is 7.18. The highest BCUT2D eigenvalue weighted by Gasteiger charge is 2.33. The zero-order valence-corrected chi connectivity index (χ0v) is 12.1. The van der Waals surface area contributed by atoms with Crippen LogP contribution in [0.3, 0.4) is 0 Å². The molecule has 1 fully saturated rings. The van der Waals surface area contributed by atoms with Crippen molar-refractivity contribution in [1.29, 1.82) is 0 Å². The Balaban J connectivity index is 1.77. The number of nitrogens with one attached hydrogen (secondary N) is 1. The second-order valence-electron chi connectivity index (χ2n) is 4.94. The standard InChI is InChI=1S/C12H14F3N5S/c1-19-2-4-20(5-3-19)11-17-6-8(21-11)10-16-7-9(18-10)12(13,14)15/h6-7H,2-5H2,1H3,(H,16,18). The minimum atomic E-state index is -4.41. The van der Waals surface area contributed by atoms with Gasteiger partial charge < -0.3 is 14.8 Å². The molecule has 1 N–H and O–H groups in total. The minimum absolute atomic E-state index is 0.209. The number of hydrogen-bond donors (Lipinski definition) is 1. The van der Waals surface area contributed by atoms with E-state index in [0.29, 0.717) is 4.88 Å². The number of aromatic nitrogens is 3. The molecule has 0 bridgehead atoms. The molecule has 9 heteroatoms. The van der Waals surface area contributed by atoms with Crippen molar-refractivity contribution in [3.63, 3.8) is 0 Å². The van der Waals surface area contributed by atoms with Crippen LogP contribution < -0.4 is 4.90 Å². The Morgan fingerprint density at radius 3 is 2.48 bits per heavy atom. The number of aromatic amines is 1.